The number of fused-ring (bicyclic) bond motifs is 1. The van der Waals surface area contributed by atoms with Gasteiger partial charge in [-0.2, -0.15) is 0 Å². The second kappa shape index (κ2) is 9.71. The summed E-state index contributed by atoms with van der Waals surface area (Å²) in [4.78, 5) is 38.9. The van der Waals surface area contributed by atoms with Gasteiger partial charge in [0.2, 0.25) is 5.91 Å². The van der Waals surface area contributed by atoms with Crippen LogP contribution in [0.25, 0.3) is 17.0 Å². The maximum atomic E-state index is 13.0. The number of amides is 4. The summed E-state index contributed by atoms with van der Waals surface area (Å²) in [6.07, 6.45) is 3.59. The highest BCUT2D eigenvalue weighted by atomic mass is 35.5. The van der Waals surface area contributed by atoms with Gasteiger partial charge in [0.05, 0.1) is 0 Å². The van der Waals surface area contributed by atoms with Crippen LogP contribution in [-0.4, -0.2) is 33.9 Å². The first-order chi connectivity index (χ1) is 17.4. The van der Waals surface area contributed by atoms with Crippen molar-refractivity contribution in [3.63, 3.8) is 0 Å². The molecule has 1 saturated heterocycles. The van der Waals surface area contributed by atoms with E-state index in [0.29, 0.717) is 17.3 Å². The van der Waals surface area contributed by atoms with Crippen molar-refractivity contribution < 1.29 is 14.4 Å². The van der Waals surface area contributed by atoms with Crippen molar-refractivity contribution in [1.82, 2.24) is 14.8 Å². The second-order valence-electron chi connectivity index (χ2n) is 8.65. The van der Waals surface area contributed by atoms with Gasteiger partial charge in [0.1, 0.15) is 12.2 Å². The van der Waals surface area contributed by atoms with Crippen molar-refractivity contribution in [3.05, 3.63) is 106 Å². The van der Waals surface area contributed by atoms with E-state index in [4.69, 9.17) is 11.6 Å². The highest BCUT2D eigenvalue weighted by Gasteiger charge is 2.35. The molecule has 1 aliphatic heterocycles. The van der Waals surface area contributed by atoms with Crippen LogP contribution in [0.15, 0.2) is 84.7 Å². The van der Waals surface area contributed by atoms with E-state index < -0.39 is 17.8 Å². The summed E-state index contributed by atoms with van der Waals surface area (Å²) < 4.78 is 2.08. The number of rotatable bonds is 6. The Hall–Kier alpha value is -4.36. The predicted molar refractivity (Wildman–Crippen MR) is 141 cm³/mol. The number of benzene rings is 3. The van der Waals surface area contributed by atoms with Gasteiger partial charge in [-0.05, 0) is 48.9 Å². The van der Waals surface area contributed by atoms with Gasteiger partial charge in [-0.25, -0.2) is 9.69 Å². The molecule has 0 spiro atoms. The fourth-order valence-corrected chi connectivity index (χ4v) is 4.29. The lowest BCUT2D eigenvalue weighted by Crippen LogP contribution is -2.38. The zero-order chi connectivity index (χ0) is 25.2. The number of hydrogen-bond acceptors (Lipinski definition) is 3. The van der Waals surface area contributed by atoms with Crippen LogP contribution in [0.5, 0.6) is 0 Å². The Balaban J connectivity index is 1.36. The lowest BCUT2D eigenvalue weighted by Gasteiger charge is -2.12. The van der Waals surface area contributed by atoms with Gasteiger partial charge >= 0.3 is 6.03 Å². The van der Waals surface area contributed by atoms with E-state index in [1.807, 2.05) is 73.8 Å². The zero-order valence-corrected chi connectivity index (χ0v) is 20.3. The largest absolute Gasteiger partial charge is 0.342 e. The molecule has 5 rings (SSSR count). The molecule has 3 aromatic carbocycles. The van der Waals surface area contributed by atoms with Crippen molar-refractivity contribution in [2.24, 2.45) is 0 Å². The van der Waals surface area contributed by atoms with Crippen LogP contribution < -0.4 is 10.6 Å². The molecule has 0 unspecified atom stereocenters. The summed E-state index contributed by atoms with van der Waals surface area (Å²) in [5.41, 5.74) is 4.64. The number of para-hydroxylation sites is 1. The summed E-state index contributed by atoms with van der Waals surface area (Å²) >= 11 is 6.01. The zero-order valence-electron chi connectivity index (χ0n) is 19.5. The molecular formula is C28H23ClN4O3. The van der Waals surface area contributed by atoms with Crippen LogP contribution in [0.3, 0.4) is 0 Å². The number of nitrogens with one attached hydrogen (secondary N) is 2. The Morgan fingerprint density at radius 2 is 1.72 bits per heavy atom. The maximum Gasteiger partial charge on any atom is 0.329 e. The minimum Gasteiger partial charge on any atom is -0.342 e. The van der Waals surface area contributed by atoms with Crippen molar-refractivity contribution in [2.45, 2.75) is 13.5 Å². The highest BCUT2D eigenvalue weighted by molar-refractivity contribution is 6.30. The molecule has 8 heteroatoms. The van der Waals surface area contributed by atoms with Crippen molar-refractivity contribution in [1.29, 1.82) is 0 Å². The summed E-state index contributed by atoms with van der Waals surface area (Å²) in [5, 5.41) is 6.93. The molecule has 4 amide bonds. The number of nitrogens with zero attached hydrogens (tertiary/aromatic N) is 2. The van der Waals surface area contributed by atoms with Crippen LogP contribution in [0.4, 0.5) is 10.5 Å². The normalized spacial score (nSPS) is 14.5. The third-order valence-corrected chi connectivity index (χ3v) is 6.24. The molecule has 0 radical (unpaired) electrons. The van der Waals surface area contributed by atoms with E-state index in [1.54, 1.807) is 18.2 Å². The van der Waals surface area contributed by atoms with Crippen LogP contribution >= 0.6 is 11.6 Å². The molecule has 7 nitrogen and oxygen atoms in total. The third kappa shape index (κ3) is 4.87. The topological polar surface area (TPSA) is 83.4 Å². The van der Waals surface area contributed by atoms with Gasteiger partial charge in [0.25, 0.3) is 5.91 Å². The molecule has 0 aliphatic carbocycles. The smallest absolute Gasteiger partial charge is 0.329 e. The van der Waals surface area contributed by atoms with E-state index in [-0.39, 0.29) is 12.2 Å². The molecule has 0 atom stereocenters. The number of carbonyl (C=O) groups is 3. The lowest BCUT2D eigenvalue weighted by atomic mass is 10.1. The van der Waals surface area contributed by atoms with Gasteiger partial charge in [-0.3, -0.25) is 9.59 Å². The number of imide groups is 1. The standard InChI is InChI=1S/C28H23ClN4O3/c1-18-6-12-22(13-7-18)30-26(34)17-33-27(35)24(31-28(33)36)14-20-16-32(25-5-3-2-4-23(20)25)15-19-8-10-21(29)11-9-19/h2-14,16H,15,17H2,1H3,(H,30,34)(H,31,36). The summed E-state index contributed by atoms with van der Waals surface area (Å²) in [7, 11) is 0. The second-order valence-corrected chi connectivity index (χ2v) is 9.09. The highest BCUT2D eigenvalue weighted by Crippen LogP contribution is 2.26. The van der Waals surface area contributed by atoms with Crippen molar-refractivity contribution in [3.8, 4) is 0 Å². The Kier molecular flexibility index (Phi) is 6.31. The minimum absolute atomic E-state index is 0.123. The summed E-state index contributed by atoms with van der Waals surface area (Å²) in [6, 6.07) is 22.1. The van der Waals surface area contributed by atoms with E-state index >= 15 is 0 Å². The molecule has 4 aromatic rings. The molecule has 2 heterocycles. The molecule has 1 aliphatic rings. The Morgan fingerprint density at radius 1 is 1.00 bits per heavy atom. The van der Waals surface area contributed by atoms with Crippen LogP contribution in [0.2, 0.25) is 5.02 Å². The van der Waals surface area contributed by atoms with Crippen LogP contribution in [0.1, 0.15) is 16.7 Å². The first-order valence-electron chi connectivity index (χ1n) is 11.4. The maximum absolute atomic E-state index is 13.0. The number of aromatic nitrogens is 1. The molecule has 2 N–H and O–H groups in total. The van der Waals surface area contributed by atoms with Crippen molar-refractivity contribution >= 4 is 52.1 Å². The first kappa shape index (κ1) is 23.4. The van der Waals surface area contributed by atoms with Crippen LogP contribution in [0, 0.1) is 6.92 Å². The monoisotopic (exact) mass is 498 g/mol. The molecular weight excluding hydrogens is 476 g/mol. The number of carbonyl (C=O) groups excluding carboxylic acids is 3. The average Bonchev–Trinajstić information content (AvgIpc) is 3.34. The first-order valence-corrected chi connectivity index (χ1v) is 11.8. The van der Waals surface area contributed by atoms with Gasteiger partial charge in [0.15, 0.2) is 0 Å². The summed E-state index contributed by atoms with van der Waals surface area (Å²) in [6.45, 7) is 2.18. The Morgan fingerprint density at radius 3 is 2.47 bits per heavy atom. The average molecular weight is 499 g/mol. The quantitative estimate of drug-likeness (QED) is 0.284. The van der Waals surface area contributed by atoms with E-state index in [9.17, 15) is 14.4 Å². The molecule has 1 aromatic heterocycles. The Labute approximate surface area is 213 Å². The third-order valence-electron chi connectivity index (χ3n) is 5.98. The molecule has 0 bridgehead atoms. The predicted octanol–water partition coefficient (Wildman–Crippen LogP) is 5.18. The molecule has 36 heavy (non-hydrogen) atoms. The SMILES string of the molecule is Cc1ccc(NC(=O)CN2C(=O)NC(=Cc3cn(Cc4ccc(Cl)cc4)c4ccccc34)C2=O)cc1. The molecule has 180 valence electrons. The number of anilines is 1. The summed E-state index contributed by atoms with van der Waals surface area (Å²) in [5.74, 6) is -1.00. The number of aryl methyl sites for hydroxylation is 1. The van der Waals surface area contributed by atoms with Crippen LogP contribution in [-0.2, 0) is 16.1 Å². The number of hydrogen-bond donors (Lipinski definition) is 2. The molecule has 1 fully saturated rings. The minimum atomic E-state index is -0.629. The number of halogens is 1. The number of urea groups is 1. The van der Waals surface area contributed by atoms with Gasteiger partial charge in [0, 0.05) is 39.9 Å². The van der Waals surface area contributed by atoms with E-state index in [2.05, 4.69) is 15.2 Å². The molecule has 0 saturated carbocycles. The van der Waals surface area contributed by atoms with Gasteiger partial charge in [-0.1, -0.05) is 59.6 Å². The van der Waals surface area contributed by atoms with E-state index in [0.717, 1.165) is 32.5 Å². The van der Waals surface area contributed by atoms with Crippen molar-refractivity contribution in [2.75, 3.05) is 11.9 Å². The fourth-order valence-electron chi connectivity index (χ4n) is 4.16. The van der Waals surface area contributed by atoms with E-state index in [1.165, 1.54) is 0 Å². The Bertz CT molecular complexity index is 1500. The van der Waals surface area contributed by atoms with Gasteiger partial charge < -0.3 is 15.2 Å². The fraction of sp³-hybridized carbons (Fsp3) is 0.107. The van der Waals surface area contributed by atoms with Gasteiger partial charge in [-0.15, -0.1) is 0 Å². The lowest BCUT2D eigenvalue weighted by molar-refractivity contribution is -0.127.